The van der Waals surface area contributed by atoms with Crippen molar-refractivity contribution in [3.8, 4) is 5.75 Å². The van der Waals surface area contributed by atoms with Gasteiger partial charge < -0.3 is 14.7 Å². The third-order valence-corrected chi connectivity index (χ3v) is 4.48. The predicted octanol–water partition coefficient (Wildman–Crippen LogP) is 4.44. The quantitative estimate of drug-likeness (QED) is 0.753. The number of halogens is 5. The van der Waals surface area contributed by atoms with Crippen molar-refractivity contribution in [1.82, 2.24) is 0 Å². The van der Waals surface area contributed by atoms with Crippen LogP contribution in [0.2, 0.25) is 0 Å². The van der Waals surface area contributed by atoms with Crippen LogP contribution in [-0.4, -0.2) is 24.0 Å². The zero-order chi connectivity index (χ0) is 20.5. The standard InChI is InChI=1S/C19H16F5NO3/c20-15-3-2-14(28-19(22,23)24)9-17(15)25-6-5-11-7-12(1-4-18(26)27)16(21)8-13(11)10-25/h2-3,7-9H,1,4-6,10H2,(H,26,27). The molecule has 4 nitrogen and oxygen atoms in total. The van der Waals surface area contributed by atoms with E-state index in [1.165, 1.54) is 11.0 Å². The van der Waals surface area contributed by atoms with Crippen molar-refractivity contribution in [3.63, 3.8) is 0 Å². The van der Waals surface area contributed by atoms with Crippen molar-refractivity contribution in [3.05, 3.63) is 58.7 Å². The molecule has 0 radical (unpaired) electrons. The first-order valence-corrected chi connectivity index (χ1v) is 8.44. The van der Waals surface area contributed by atoms with Crippen LogP contribution in [-0.2, 0) is 24.2 Å². The van der Waals surface area contributed by atoms with Gasteiger partial charge in [-0.2, -0.15) is 0 Å². The molecule has 28 heavy (non-hydrogen) atoms. The van der Waals surface area contributed by atoms with Crippen LogP contribution in [0.25, 0.3) is 0 Å². The minimum atomic E-state index is -4.89. The number of carbonyl (C=O) groups is 1. The molecule has 0 unspecified atom stereocenters. The minimum Gasteiger partial charge on any atom is -0.481 e. The molecule has 0 atom stereocenters. The zero-order valence-electron chi connectivity index (χ0n) is 14.5. The summed E-state index contributed by atoms with van der Waals surface area (Å²) < 4.78 is 69.5. The highest BCUT2D eigenvalue weighted by atomic mass is 19.4. The van der Waals surface area contributed by atoms with E-state index in [0.717, 1.165) is 23.8 Å². The molecule has 2 aromatic rings. The molecule has 0 aromatic heterocycles. The van der Waals surface area contributed by atoms with Crippen LogP contribution in [0.4, 0.5) is 27.6 Å². The second-order valence-corrected chi connectivity index (χ2v) is 6.44. The van der Waals surface area contributed by atoms with Gasteiger partial charge in [0.2, 0.25) is 0 Å². The molecule has 1 heterocycles. The summed E-state index contributed by atoms with van der Waals surface area (Å²) in [6.45, 7) is 0.418. The van der Waals surface area contributed by atoms with Crippen LogP contribution in [0.5, 0.6) is 5.75 Å². The van der Waals surface area contributed by atoms with Crippen LogP contribution >= 0.6 is 0 Å². The van der Waals surface area contributed by atoms with Gasteiger partial charge in [0.1, 0.15) is 17.4 Å². The monoisotopic (exact) mass is 401 g/mol. The Kier molecular flexibility index (Phi) is 5.44. The van der Waals surface area contributed by atoms with Gasteiger partial charge in [-0.15, -0.1) is 13.2 Å². The molecular formula is C19H16F5NO3. The van der Waals surface area contributed by atoms with Gasteiger partial charge in [-0.05, 0) is 47.7 Å². The van der Waals surface area contributed by atoms with Gasteiger partial charge in [-0.1, -0.05) is 6.07 Å². The van der Waals surface area contributed by atoms with Crippen LogP contribution in [0, 0.1) is 11.6 Å². The molecule has 150 valence electrons. The summed E-state index contributed by atoms with van der Waals surface area (Å²) in [6.07, 6.45) is -4.61. The Labute approximate surface area is 157 Å². The molecule has 1 aliphatic heterocycles. The van der Waals surface area contributed by atoms with E-state index in [1.54, 1.807) is 6.07 Å². The molecule has 2 aromatic carbocycles. The Balaban J connectivity index is 1.83. The Morgan fingerprint density at radius 1 is 1.11 bits per heavy atom. The SMILES string of the molecule is O=C(O)CCc1cc2c(cc1F)CN(c1cc(OC(F)(F)F)ccc1F)CC2. The summed E-state index contributed by atoms with van der Waals surface area (Å²) in [5, 5.41) is 8.74. The molecule has 1 aliphatic rings. The van der Waals surface area contributed by atoms with Gasteiger partial charge in [-0.25, -0.2) is 8.78 Å². The number of benzene rings is 2. The normalized spacial score (nSPS) is 14.0. The molecule has 0 saturated carbocycles. The zero-order valence-corrected chi connectivity index (χ0v) is 14.5. The highest BCUT2D eigenvalue weighted by molar-refractivity contribution is 5.67. The number of hydrogen-bond acceptors (Lipinski definition) is 3. The molecule has 3 rings (SSSR count). The molecule has 0 fully saturated rings. The fraction of sp³-hybridized carbons (Fsp3) is 0.316. The fourth-order valence-electron chi connectivity index (χ4n) is 3.20. The second-order valence-electron chi connectivity index (χ2n) is 6.44. The van der Waals surface area contributed by atoms with Crippen molar-refractivity contribution in [1.29, 1.82) is 0 Å². The van der Waals surface area contributed by atoms with Crippen molar-refractivity contribution >= 4 is 11.7 Å². The molecule has 0 bridgehead atoms. The van der Waals surface area contributed by atoms with E-state index in [2.05, 4.69) is 4.74 Å². The largest absolute Gasteiger partial charge is 0.573 e. The van der Waals surface area contributed by atoms with E-state index in [9.17, 15) is 26.7 Å². The van der Waals surface area contributed by atoms with E-state index >= 15 is 0 Å². The number of nitrogens with zero attached hydrogens (tertiary/aromatic N) is 1. The lowest BCUT2D eigenvalue weighted by molar-refractivity contribution is -0.274. The Bertz CT molecular complexity index is 898. The van der Waals surface area contributed by atoms with Gasteiger partial charge >= 0.3 is 12.3 Å². The Hall–Kier alpha value is -2.84. The van der Waals surface area contributed by atoms with Crippen LogP contribution < -0.4 is 9.64 Å². The molecule has 0 aliphatic carbocycles. The number of hydrogen-bond donors (Lipinski definition) is 1. The maximum atomic E-state index is 14.3. The first kappa shape index (κ1) is 19.9. The Morgan fingerprint density at radius 2 is 1.86 bits per heavy atom. The number of aryl methyl sites for hydroxylation is 1. The molecule has 0 amide bonds. The van der Waals surface area contributed by atoms with E-state index in [-0.39, 0.29) is 25.1 Å². The topological polar surface area (TPSA) is 49.8 Å². The van der Waals surface area contributed by atoms with Crippen molar-refractivity contribution in [2.45, 2.75) is 32.2 Å². The van der Waals surface area contributed by atoms with Gasteiger partial charge in [0.15, 0.2) is 0 Å². The summed E-state index contributed by atoms with van der Waals surface area (Å²) in [5.74, 6) is -2.84. The number of fused-ring (bicyclic) bond motifs is 1. The average Bonchev–Trinajstić information content (AvgIpc) is 2.60. The average molecular weight is 401 g/mol. The number of aliphatic carboxylic acids is 1. The van der Waals surface area contributed by atoms with Crippen molar-refractivity contribution < 1.29 is 36.6 Å². The number of rotatable bonds is 5. The van der Waals surface area contributed by atoms with Crippen LogP contribution in [0.15, 0.2) is 30.3 Å². The summed E-state index contributed by atoms with van der Waals surface area (Å²) >= 11 is 0. The third kappa shape index (κ3) is 4.71. The van der Waals surface area contributed by atoms with Gasteiger partial charge in [-0.3, -0.25) is 4.79 Å². The second kappa shape index (κ2) is 7.65. The molecule has 9 heteroatoms. The number of carboxylic acid groups (broad SMARTS) is 1. The number of carboxylic acids is 1. The predicted molar refractivity (Wildman–Crippen MR) is 90.2 cm³/mol. The summed E-state index contributed by atoms with van der Waals surface area (Å²) in [4.78, 5) is 12.2. The van der Waals surface area contributed by atoms with Crippen molar-refractivity contribution in [2.24, 2.45) is 0 Å². The van der Waals surface area contributed by atoms with E-state index in [0.29, 0.717) is 24.1 Å². The summed E-state index contributed by atoms with van der Waals surface area (Å²) in [5.41, 5.74) is 1.61. The van der Waals surface area contributed by atoms with E-state index in [4.69, 9.17) is 5.11 Å². The first-order chi connectivity index (χ1) is 13.1. The maximum Gasteiger partial charge on any atom is 0.573 e. The number of anilines is 1. The van der Waals surface area contributed by atoms with E-state index in [1.807, 2.05) is 0 Å². The molecule has 1 N–H and O–H groups in total. The van der Waals surface area contributed by atoms with Crippen LogP contribution in [0.3, 0.4) is 0 Å². The maximum absolute atomic E-state index is 14.3. The fourth-order valence-corrected chi connectivity index (χ4v) is 3.20. The molecule has 0 saturated heterocycles. The summed E-state index contributed by atoms with van der Waals surface area (Å²) in [7, 11) is 0. The highest BCUT2D eigenvalue weighted by Crippen LogP contribution is 2.32. The van der Waals surface area contributed by atoms with Crippen molar-refractivity contribution in [2.75, 3.05) is 11.4 Å². The highest BCUT2D eigenvalue weighted by Gasteiger charge is 2.32. The first-order valence-electron chi connectivity index (χ1n) is 8.44. The molecular weight excluding hydrogens is 385 g/mol. The number of alkyl halides is 3. The Morgan fingerprint density at radius 3 is 2.54 bits per heavy atom. The third-order valence-electron chi connectivity index (χ3n) is 4.48. The van der Waals surface area contributed by atoms with E-state index < -0.39 is 29.7 Å². The number of ether oxygens (including phenoxy) is 1. The van der Waals surface area contributed by atoms with Crippen LogP contribution in [0.1, 0.15) is 23.1 Å². The molecule has 0 spiro atoms. The summed E-state index contributed by atoms with van der Waals surface area (Å²) in [6, 6.07) is 5.61. The lowest BCUT2D eigenvalue weighted by Gasteiger charge is -2.31. The van der Waals surface area contributed by atoms with Gasteiger partial charge in [0, 0.05) is 25.6 Å². The van der Waals surface area contributed by atoms with Gasteiger partial charge in [0.05, 0.1) is 5.69 Å². The smallest absolute Gasteiger partial charge is 0.481 e. The lowest BCUT2D eigenvalue weighted by atomic mass is 9.95. The van der Waals surface area contributed by atoms with Gasteiger partial charge in [0.25, 0.3) is 0 Å². The lowest BCUT2D eigenvalue weighted by Crippen LogP contribution is -2.31. The minimum absolute atomic E-state index is 0.0591.